The number of carbonyl (C=O) groups excluding carboxylic acids is 2. The molecule has 0 aliphatic heterocycles. The molecule has 2 aromatic carbocycles. The molecule has 7 nitrogen and oxygen atoms in total. The summed E-state index contributed by atoms with van der Waals surface area (Å²) in [6, 6.07) is 11.5. The lowest BCUT2D eigenvalue weighted by Crippen LogP contribution is -2.30. The average Bonchev–Trinajstić information content (AvgIpc) is 2.62. The van der Waals surface area contributed by atoms with Crippen molar-refractivity contribution in [3.63, 3.8) is 0 Å². The van der Waals surface area contributed by atoms with Crippen LogP contribution in [0, 0.1) is 17.0 Å². The first kappa shape index (κ1) is 19.1. The predicted molar refractivity (Wildman–Crippen MR) is 97.2 cm³/mol. The predicted octanol–water partition coefficient (Wildman–Crippen LogP) is 3.65. The van der Waals surface area contributed by atoms with Crippen molar-refractivity contribution in [2.45, 2.75) is 33.3 Å². The van der Waals surface area contributed by atoms with Crippen LogP contribution >= 0.6 is 0 Å². The lowest BCUT2D eigenvalue weighted by Gasteiger charge is -2.14. The van der Waals surface area contributed by atoms with Crippen molar-refractivity contribution in [2.24, 2.45) is 0 Å². The summed E-state index contributed by atoms with van der Waals surface area (Å²) in [5, 5.41) is 13.6. The van der Waals surface area contributed by atoms with Gasteiger partial charge in [-0.15, -0.1) is 0 Å². The molecule has 0 saturated heterocycles. The van der Waals surface area contributed by atoms with Crippen LogP contribution in [0.2, 0.25) is 0 Å². The van der Waals surface area contributed by atoms with Gasteiger partial charge in [0.25, 0.3) is 11.6 Å². The van der Waals surface area contributed by atoms with E-state index in [1.807, 2.05) is 19.1 Å². The third kappa shape index (κ3) is 4.44. The van der Waals surface area contributed by atoms with Gasteiger partial charge in [0.15, 0.2) is 6.10 Å². The molecular formula is C19H20N2O5. The lowest BCUT2D eigenvalue weighted by molar-refractivity contribution is -0.385. The molecule has 26 heavy (non-hydrogen) atoms. The second-order valence-corrected chi connectivity index (χ2v) is 5.79. The second kappa shape index (κ2) is 8.24. The number of hydrogen-bond acceptors (Lipinski definition) is 5. The van der Waals surface area contributed by atoms with Crippen molar-refractivity contribution in [3.8, 4) is 0 Å². The van der Waals surface area contributed by atoms with Gasteiger partial charge < -0.3 is 10.1 Å². The number of benzene rings is 2. The van der Waals surface area contributed by atoms with E-state index in [1.165, 1.54) is 32.0 Å². The zero-order valence-corrected chi connectivity index (χ0v) is 14.8. The molecule has 0 aliphatic carbocycles. The highest BCUT2D eigenvalue weighted by molar-refractivity contribution is 5.98. The highest BCUT2D eigenvalue weighted by Gasteiger charge is 2.23. The van der Waals surface area contributed by atoms with Crippen molar-refractivity contribution in [1.29, 1.82) is 0 Å². The Morgan fingerprint density at radius 1 is 1.19 bits per heavy atom. The van der Waals surface area contributed by atoms with E-state index < -0.39 is 22.9 Å². The SMILES string of the molecule is CCc1ccc(NC(=O)[C@@H](C)OC(=O)c2cccc([N+](=O)[O-])c2C)cc1. The molecule has 0 bridgehead atoms. The first-order chi connectivity index (χ1) is 12.3. The first-order valence-corrected chi connectivity index (χ1v) is 8.18. The Balaban J connectivity index is 2.05. The van der Waals surface area contributed by atoms with Gasteiger partial charge in [-0.1, -0.05) is 25.1 Å². The summed E-state index contributed by atoms with van der Waals surface area (Å²) < 4.78 is 5.16. The fourth-order valence-electron chi connectivity index (χ4n) is 2.39. The average molecular weight is 356 g/mol. The van der Waals surface area contributed by atoms with E-state index in [-0.39, 0.29) is 16.8 Å². The highest BCUT2D eigenvalue weighted by atomic mass is 16.6. The van der Waals surface area contributed by atoms with E-state index in [1.54, 1.807) is 12.1 Å². The molecule has 7 heteroatoms. The highest BCUT2D eigenvalue weighted by Crippen LogP contribution is 2.22. The van der Waals surface area contributed by atoms with Crippen LogP contribution in [0.25, 0.3) is 0 Å². The number of aryl methyl sites for hydroxylation is 1. The standard InChI is InChI=1S/C19H20N2O5/c1-4-14-8-10-15(11-9-14)20-18(22)13(3)26-19(23)16-6-5-7-17(12(16)2)21(24)25/h5-11,13H,4H2,1-3H3,(H,20,22)/t13-/m1/s1. The number of esters is 1. The van der Waals surface area contributed by atoms with Gasteiger partial charge in [-0.2, -0.15) is 0 Å². The molecule has 1 atom stereocenters. The number of anilines is 1. The normalized spacial score (nSPS) is 11.5. The van der Waals surface area contributed by atoms with Crippen LogP contribution in [-0.4, -0.2) is 22.9 Å². The van der Waals surface area contributed by atoms with E-state index in [4.69, 9.17) is 4.74 Å². The number of hydrogen-bond donors (Lipinski definition) is 1. The van der Waals surface area contributed by atoms with Crippen molar-refractivity contribution >= 4 is 23.3 Å². The van der Waals surface area contributed by atoms with E-state index in [9.17, 15) is 19.7 Å². The van der Waals surface area contributed by atoms with Crippen molar-refractivity contribution in [2.75, 3.05) is 5.32 Å². The number of nitrogens with zero attached hydrogens (tertiary/aromatic N) is 1. The molecule has 1 N–H and O–H groups in total. The van der Waals surface area contributed by atoms with Gasteiger partial charge >= 0.3 is 5.97 Å². The molecule has 1 amide bonds. The molecule has 2 rings (SSSR count). The van der Waals surface area contributed by atoms with Crippen molar-refractivity contribution < 1.29 is 19.2 Å². The Bertz CT molecular complexity index is 830. The summed E-state index contributed by atoms with van der Waals surface area (Å²) in [5.41, 5.74) is 1.83. The maximum atomic E-state index is 12.3. The maximum absolute atomic E-state index is 12.3. The molecule has 0 saturated carbocycles. The van der Waals surface area contributed by atoms with Gasteiger partial charge in [-0.25, -0.2) is 4.79 Å². The summed E-state index contributed by atoms with van der Waals surface area (Å²) in [6.45, 7) is 4.94. The molecule has 136 valence electrons. The number of rotatable bonds is 6. The summed E-state index contributed by atoms with van der Waals surface area (Å²) in [7, 11) is 0. The number of nitrogens with one attached hydrogen (secondary N) is 1. The Kier molecular flexibility index (Phi) is 6.06. The van der Waals surface area contributed by atoms with Crippen LogP contribution in [0.4, 0.5) is 11.4 Å². The third-order valence-electron chi connectivity index (χ3n) is 4.00. The molecule has 0 spiro atoms. The number of ether oxygens (including phenoxy) is 1. The van der Waals surface area contributed by atoms with Crippen LogP contribution < -0.4 is 5.32 Å². The summed E-state index contributed by atoms with van der Waals surface area (Å²) in [6.07, 6.45) is -0.155. The smallest absolute Gasteiger partial charge is 0.339 e. The van der Waals surface area contributed by atoms with Gasteiger partial charge in [0, 0.05) is 17.3 Å². The fourth-order valence-corrected chi connectivity index (χ4v) is 2.39. The van der Waals surface area contributed by atoms with E-state index in [0.717, 1.165) is 12.0 Å². The number of nitro groups is 1. The fraction of sp³-hybridized carbons (Fsp3) is 0.263. The van der Waals surface area contributed by atoms with E-state index >= 15 is 0 Å². The van der Waals surface area contributed by atoms with Gasteiger partial charge in [-0.3, -0.25) is 14.9 Å². The third-order valence-corrected chi connectivity index (χ3v) is 4.00. The minimum absolute atomic E-state index is 0.0612. The second-order valence-electron chi connectivity index (χ2n) is 5.79. The Morgan fingerprint density at radius 3 is 2.42 bits per heavy atom. The lowest BCUT2D eigenvalue weighted by atomic mass is 10.1. The molecule has 0 aliphatic rings. The molecule has 0 radical (unpaired) electrons. The minimum Gasteiger partial charge on any atom is -0.449 e. The van der Waals surface area contributed by atoms with E-state index in [0.29, 0.717) is 5.69 Å². The largest absolute Gasteiger partial charge is 0.449 e. The van der Waals surface area contributed by atoms with Crippen LogP contribution in [0.3, 0.4) is 0 Å². The number of carbonyl (C=O) groups is 2. The van der Waals surface area contributed by atoms with Crippen LogP contribution in [-0.2, 0) is 16.0 Å². The topological polar surface area (TPSA) is 98.5 Å². The monoisotopic (exact) mass is 356 g/mol. The minimum atomic E-state index is -1.05. The molecule has 0 fully saturated rings. The van der Waals surface area contributed by atoms with Gasteiger partial charge in [-0.05, 0) is 44.0 Å². The quantitative estimate of drug-likeness (QED) is 0.484. The van der Waals surface area contributed by atoms with Crippen molar-refractivity contribution in [1.82, 2.24) is 0 Å². The summed E-state index contributed by atoms with van der Waals surface area (Å²) >= 11 is 0. The zero-order valence-electron chi connectivity index (χ0n) is 14.8. The zero-order chi connectivity index (χ0) is 19.3. The molecule has 0 heterocycles. The summed E-state index contributed by atoms with van der Waals surface area (Å²) in [4.78, 5) is 34.9. The number of amides is 1. The van der Waals surface area contributed by atoms with Crippen LogP contribution in [0.15, 0.2) is 42.5 Å². The molecule has 2 aromatic rings. The maximum Gasteiger partial charge on any atom is 0.339 e. The molecule has 0 aromatic heterocycles. The Morgan fingerprint density at radius 2 is 1.85 bits per heavy atom. The summed E-state index contributed by atoms with van der Waals surface area (Å²) in [5.74, 6) is -1.26. The Labute approximate surface area is 151 Å². The van der Waals surface area contributed by atoms with Gasteiger partial charge in [0.1, 0.15) is 0 Å². The van der Waals surface area contributed by atoms with Gasteiger partial charge in [0.2, 0.25) is 0 Å². The van der Waals surface area contributed by atoms with E-state index in [2.05, 4.69) is 5.32 Å². The Hall–Kier alpha value is -3.22. The van der Waals surface area contributed by atoms with Crippen LogP contribution in [0.5, 0.6) is 0 Å². The molecule has 0 unspecified atom stereocenters. The van der Waals surface area contributed by atoms with Crippen LogP contribution in [0.1, 0.15) is 35.3 Å². The molecular weight excluding hydrogens is 336 g/mol. The first-order valence-electron chi connectivity index (χ1n) is 8.18. The van der Waals surface area contributed by atoms with Crippen molar-refractivity contribution in [3.05, 3.63) is 69.3 Å². The number of nitro benzene ring substituents is 1. The van der Waals surface area contributed by atoms with Gasteiger partial charge in [0.05, 0.1) is 10.5 Å².